The number of ether oxygens (including phenoxy) is 1. The van der Waals surface area contributed by atoms with Crippen molar-refractivity contribution in [2.24, 2.45) is 0 Å². The summed E-state index contributed by atoms with van der Waals surface area (Å²) in [5.41, 5.74) is 6.18. The number of rotatable bonds is 5. The second-order valence-electron chi connectivity index (χ2n) is 4.98. The van der Waals surface area contributed by atoms with Crippen LogP contribution >= 0.6 is 0 Å². The quantitative estimate of drug-likeness (QED) is 0.324. The smallest absolute Gasteiger partial charge is 0.340 e. The van der Waals surface area contributed by atoms with Gasteiger partial charge in [-0.3, -0.25) is 10.1 Å². The predicted octanol–water partition coefficient (Wildman–Crippen LogP) is 2.58. The zero-order valence-corrected chi connectivity index (χ0v) is 12.8. The van der Waals surface area contributed by atoms with Crippen molar-refractivity contribution in [3.8, 4) is 11.4 Å². The predicted molar refractivity (Wildman–Crippen MR) is 86.4 cm³/mol. The summed E-state index contributed by atoms with van der Waals surface area (Å²) in [5, 5.41) is 14.5. The number of hydrogen-bond acceptors (Lipinski definition) is 8. The molecule has 0 aliphatic rings. The maximum Gasteiger partial charge on any atom is 0.340 e. The molecular formula is C16H12N4O5. The first-order valence-corrected chi connectivity index (χ1v) is 7.13. The van der Waals surface area contributed by atoms with Gasteiger partial charge in [-0.2, -0.15) is 4.98 Å². The van der Waals surface area contributed by atoms with Crippen LogP contribution in [0.1, 0.15) is 16.2 Å². The molecule has 0 amide bonds. The van der Waals surface area contributed by atoms with Crippen molar-refractivity contribution in [2.45, 2.75) is 6.61 Å². The Morgan fingerprint density at radius 2 is 2.00 bits per heavy atom. The molecule has 1 heterocycles. The van der Waals surface area contributed by atoms with Gasteiger partial charge in [-0.1, -0.05) is 35.5 Å². The van der Waals surface area contributed by atoms with Crippen LogP contribution in [0.3, 0.4) is 0 Å². The van der Waals surface area contributed by atoms with E-state index in [0.29, 0.717) is 5.82 Å². The van der Waals surface area contributed by atoms with E-state index in [2.05, 4.69) is 10.1 Å². The number of hydrogen-bond donors (Lipinski definition) is 1. The average molecular weight is 340 g/mol. The van der Waals surface area contributed by atoms with Gasteiger partial charge in [-0.15, -0.1) is 0 Å². The fraction of sp³-hybridized carbons (Fsp3) is 0.0625. The lowest BCUT2D eigenvalue weighted by Crippen LogP contribution is -2.08. The van der Waals surface area contributed by atoms with Crippen molar-refractivity contribution >= 4 is 17.3 Å². The molecule has 0 atom stereocenters. The summed E-state index contributed by atoms with van der Waals surface area (Å²) in [4.78, 5) is 26.2. The molecule has 0 saturated carbocycles. The second kappa shape index (κ2) is 6.79. The lowest BCUT2D eigenvalue weighted by Gasteiger charge is -2.04. The van der Waals surface area contributed by atoms with E-state index in [4.69, 9.17) is 15.0 Å². The summed E-state index contributed by atoms with van der Waals surface area (Å²) in [6, 6.07) is 12.7. The number of nitro benzene ring substituents is 1. The molecule has 3 rings (SSSR count). The largest absolute Gasteiger partial charge is 0.452 e. The van der Waals surface area contributed by atoms with Crippen LogP contribution in [0.25, 0.3) is 11.4 Å². The van der Waals surface area contributed by atoms with Gasteiger partial charge in [-0.25, -0.2) is 4.79 Å². The Morgan fingerprint density at radius 1 is 1.24 bits per heavy atom. The van der Waals surface area contributed by atoms with Crippen molar-refractivity contribution in [1.29, 1.82) is 0 Å². The molecule has 0 spiro atoms. The Hall–Kier alpha value is -3.75. The number of carbonyl (C=O) groups is 1. The Bertz CT molecular complexity index is 923. The highest BCUT2D eigenvalue weighted by Crippen LogP contribution is 2.21. The molecule has 0 fully saturated rings. The molecule has 25 heavy (non-hydrogen) atoms. The molecule has 3 aromatic rings. The summed E-state index contributed by atoms with van der Waals surface area (Å²) >= 11 is 0. The molecule has 0 aliphatic heterocycles. The van der Waals surface area contributed by atoms with Crippen LogP contribution in [-0.4, -0.2) is 21.0 Å². The zero-order valence-electron chi connectivity index (χ0n) is 12.8. The lowest BCUT2D eigenvalue weighted by atomic mass is 10.1. The van der Waals surface area contributed by atoms with E-state index in [1.807, 2.05) is 30.3 Å². The third kappa shape index (κ3) is 3.61. The van der Waals surface area contributed by atoms with Crippen molar-refractivity contribution in [2.75, 3.05) is 5.73 Å². The van der Waals surface area contributed by atoms with Gasteiger partial charge in [0.15, 0.2) is 6.61 Å². The van der Waals surface area contributed by atoms with Gasteiger partial charge in [0.2, 0.25) is 5.82 Å². The number of nitrogens with zero attached hydrogens (tertiary/aromatic N) is 3. The molecule has 9 heteroatoms. The second-order valence-corrected chi connectivity index (χ2v) is 4.98. The first-order valence-electron chi connectivity index (χ1n) is 7.13. The van der Waals surface area contributed by atoms with E-state index in [0.717, 1.165) is 11.6 Å². The molecule has 0 saturated heterocycles. The van der Waals surface area contributed by atoms with Crippen molar-refractivity contribution in [3.63, 3.8) is 0 Å². The zero-order chi connectivity index (χ0) is 17.8. The lowest BCUT2D eigenvalue weighted by molar-refractivity contribution is -0.384. The summed E-state index contributed by atoms with van der Waals surface area (Å²) in [5.74, 6) is -0.249. The van der Waals surface area contributed by atoms with Gasteiger partial charge in [0.25, 0.3) is 11.6 Å². The number of aromatic nitrogens is 2. The fourth-order valence-electron chi connectivity index (χ4n) is 2.07. The SMILES string of the molecule is Nc1cc([N+](=O)[O-])ccc1C(=O)OCc1nc(-c2ccccc2)no1. The number of nitro groups is 1. The molecule has 0 bridgehead atoms. The first kappa shape index (κ1) is 16.1. The van der Waals surface area contributed by atoms with Crippen LogP contribution in [0.5, 0.6) is 0 Å². The Labute approximate surface area is 141 Å². The molecule has 126 valence electrons. The number of anilines is 1. The van der Waals surface area contributed by atoms with Gasteiger partial charge >= 0.3 is 5.97 Å². The number of carbonyl (C=O) groups excluding carboxylic acids is 1. The van der Waals surface area contributed by atoms with Gasteiger partial charge in [0.1, 0.15) is 0 Å². The van der Waals surface area contributed by atoms with E-state index < -0.39 is 10.9 Å². The third-order valence-corrected chi connectivity index (χ3v) is 3.29. The van der Waals surface area contributed by atoms with Gasteiger partial charge < -0.3 is 15.0 Å². The minimum atomic E-state index is -0.744. The van der Waals surface area contributed by atoms with Crippen LogP contribution < -0.4 is 5.73 Å². The molecule has 1 aromatic heterocycles. The molecule has 2 N–H and O–H groups in total. The molecule has 2 aromatic carbocycles. The van der Waals surface area contributed by atoms with Crippen LogP contribution in [0, 0.1) is 10.1 Å². The van der Waals surface area contributed by atoms with Crippen molar-refractivity contribution in [3.05, 3.63) is 70.1 Å². The van der Waals surface area contributed by atoms with Gasteiger partial charge in [0.05, 0.1) is 16.2 Å². The fourth-order valence-corrected chi connectivity index (χ4v) is 2.07. The Balaban J connectivity index is 1.67. The van der Waals surface area contributed by atoms with E-state index in [-0.39, 0.29) is 29.4 Å². The van der Waals surface area contributed by atoms with Crippen LogP contribution in [0.15, 0.2) is 53.1 Å². The van der Waals surface area contributed by atoms with Crippen LogP contribution in [-0.2, 0) is 11.3 Å². The summed E-state index contributed by atoms with van der Waals surface area (Å²) < 4.78 is 10.1. The van der Waals surface area contributed by atoms with E-state index in [9.17, 15) is 14.9 Å². The van der Waals surface area contributed by atoms with E-state index >= 15 is 0 Å². The molecule has 0 aliphatic carbocycles. The Kier molecular flexibility index (Phi) is 4.38. The molecule has 0 unspecified atom stereocenters. The summed E-state index contributed by atoms with van der Waals surface area (Å²) in [6.45, 7) is -0.241. The van der Waals surface area contributed by atoms with Crippen molar-refractivity contribution < 1.29 is 19.0 Å². The number of nitrogen functional groups attached to an aromatic ring is 1. The topological polar surface area (TPSA) is 134 Å². The van der Waals surface area contributed by atoms with E-state index in [1.54, 1.807) is 0 Å². The standard InChI is InChI=1S/C16H12N4O5/c17-13-8-11(20(22)23)6-7-12(13)16(21)24-9-14-18-15(19-25-14)10-4-2-1-3-5-10/h1-8H,9,17H2. The number of nitrogens with two attached hydrogens (primary N) is 1. The van der Waals surface area contributed by atoms with Crippen LogP contribution in [0.4, 0.5) is 11.4 Å². The minimum absolute atomic E-state index is 0.0217. The normalized spacial score (nSPS) is 10.4. The first-order chi connectivity index (χ1) is 12.0. The molecule has 9 nitrogen and oxygen atoms in total. The van der Waals surface area contributed by atoms with Gasteiger partial charge in [0, 0.05) is 17.7 Å². The average Bonchev–Trinajstić information content (AvgIpc) is 3.09. The monoisotopic (exact) mass is 340 g/mol. The molecule has 0 radical (unpaired) electrons. The number of benzene rings is 2. The number of non-ortho nitro benzene ring substituents is 1. The maximum absolute atomic E-state index is 12.0. The van der Waals surface area contributed by atoms with E-state index in [1.165, 1.54) is 12.1 Å². The maximum atomic E-state index is 12.0. The minimum Gasteiger partial charge on any atom is -0.452 e. The summed E-state index contributed by atoms with van der Waals surface area (Å²) in [7, 11) is 0. The highest BCUT2D eigenvalue weighted by molar-refractivity contribution is 5.95. The third-order valence-electron chi connectivity index (χ3n) is 3.29. The van der Waals surface area contributed by atoms with Gasteiger partial charge in [-0.05, 0) is 6.07 Å². The highest BCUT2D eigenvalue weighted by Gasteiger charge is 2.17. The van der Waals surface area contributed by atoms with Crippen LogP contribution in [0.2, 0.25) is 0 Å². The highest BCUT2D eigenvalue weighted by atomic mass is 16.6. The summed E-state index contributed by atoms with van der Waals surface area (Å²) in [6.07, 6.45) is 0. The Morgan fingerprint density at radius 3 is 2.68 bits per heavy atom. The van der Waals surface area contributed by atoms with Crippen molar-refractivity contribution in [1.82, 2.24) is 10.1 Å². The number of esters is 1. The molecular weight excluding hydrogens is 328 g/mol.